The molecular formula is C12H19IN4S. The first-order chi connectivity index (χ1) is 8.63. The fourth-order valence-electron chi connectivity index (χ4n) is 1.97. The molecule has 1 unspecified atom stereocenters. The zero-order valence-electron chi connectivity index (χ0n) is 11.0. The first kappa shape index (κ1) is 14.3. The van der Waals surface area contributed by atoms with Crippen LogP contribution >= 0.6 is 34.4 Å². The van der Waals surface area contributed by atoms with Crippen molar-refractivity contribution in [1.29, 1.82) is 0 Å². The number of hydrogen-bond acceptors (Lipinski definition) is 5. The number of thioether (sulfide) groups is 1. The topological polar surface area (TPSA) is 41.1 Å². The lowest BCUT2D eigenvalue weighted by atomic mass is 10.2. The van der Waals surface area contributed by atoms with Crippen LogP contribution < -0.4 is 5.32 Å². The molecule has 18 heavy (non-hydrogen) atoms. The number of nitrogens with zero attached hydrogens (tertiary/aromatic N) is 3. The van der Waals surface area contributed by atoms with Crippen molar-refractivity contribution in [3.8, 4) is 0 Å². The maximum absolute atomic E-state index is 4.71. The standard InChI is InChI=1S/C12H19IN4S/c1-4-14-12-10(13)8(2)15-11(16-12)9-7-18-6-5-17(9)3/h9H,4-7H2,1-3H3,(H,14,15,16). The van der Waals surface area contributed by atoms with E-state index < -0.39 is 0 Å². The van der Waals surface area contributed by atoms with Crippen LogP contribution in [0, 0.1) is 10.5 Å². The van der Waals surface area contributed by atoms with Gasteiger partial charge in [-0.15, -0.1) is 0 Å². The predicted molar refractivity (Wildman–Crippen MR) is 86.3 cm³/mol. The quantitative estimate of drug-likeness (QED) is 0.819. The summed E-state index contributed by atoms with van der Waals surface area (Å²) in [6.45, 7) is 6.15. The summed E-state index contributed by atoms with van der Waals surface area (Å²) in [5.74, 6) is 4.22. The molecule has 0 aliphatic carbocycles. The van der Waals surface area contributed by atoms with E-state index in [1.807, 2.05) is 11.8 Å². The second-order valence-electron chi connectivity index (χ2n) is 4.43. The van der Waals surface area contributed by atoms with Crippen molar-refractivity contribution in [1.82, 2.24) is 14.9 Å². The Hall–Kier alpha value is -0.0800. The average Bonchev–Trinajstić information content (AvgIpc) is 2.35. The number of rotatable bonds is 3. The molecule has 1 atom stereocenters. The molecule has 0 spiro atoms. The molecule has 6 heteroatoms. The maximum atomic E-state index is 4.71. The highest BCUT2D eigenvalue weighted by Gasteiger charge is 2.24. The van der Waals surface area contributed by atoms with Crippen molar-refractivity contribution in [2.75, 3.05) is 37.0 Å². The second kappa shape index (κ2) is 6.38. The van der Waals surface area contributed by atoms with Crippen molar-refractivity contribution < 1.29 is 0 Å². The lowest BCUT2D eigenvalue weighted by Gasteiger charge is -2.31. The summed E-state index contributed by atoms with van der Waals surface area (Å²) in [5.41, 5.74) is 1.07. The monoisotopic (exact) mass is 378 g/mol. The summed E-state index contributed by atoms with van der Waals surface area (Å²) in [4.78, 5) is 11.7. The van der Waals surface area contributed by atoms with E-state index in [0.717, 1.165) is 39.7 Å². The summed E-state index contributed by atoms with van der Waals surface area (Å²) in [7, 11) is 2.16. The van der Waals surface area contributed by atoms with Crippen LogP contribution in [0.4, 0.5) is 5.82 Å². The molecule has 1 fully saturated rings. The molecule has 1 saturated heterocycles. The molecule has 1 aromatic heterocycles. The van der Waals surface area contributed by atoms with Gasteiger partial charge in [-0.3, -0.25) is 4.90 Å². The van der Waals surface area contributed by atoms with Gasteiger partial charge in [-0.25, -0.2) is 9.97 Å². The lowest BCUT2D eigenvalue weighted by Crippen LogP contribution is -2.34. The first-order valence-corrected chi connectivity index (χ1v) is 8.42. The van der Waals surface area contributed by atoms with Crippen LogP contribution in [-0.2, 0) is 0 Å². The Labute approximate surface area is 126 Å². The second-order valence-corrected chi connectivity index (χ2v) is 6.66. The molecule has 2 rings (SSSR count). The number of halogens is 1. The fourth-order valence-corrected chi connectivity index (χ4v) is 3.62. The van der Waals surface area contributed by atoms with Crippen molar-refractivity contribution in [2.45, 2.75) is 19.9 Å². The van der Waals surface area contributed by atoms with Crippen LogP contribution in [0.15, 0.2) is 0 Å². The molecule has 0 aromatic carbocycles. The van der Waals surface area contributed by atoms with Crippen LogP contribution in [0.2, 0.25) is 0 Å². The van der Waals surface area contributed by atoms with Crippen LogP contribution in [0.3, 0.4) is 0 Å². The Bertz CT molecular complexity index is 427. The molecule has 0 bridgehead atoms. The van der Waals surface area contributed by atoms with Crippen LogP contribution in [0.1, 0.15) is 24.5 Å². The number of nitrogens with one attached hydrogen (secondary N) is 1. The van der Waals surface area contributed by atoms with Crippen molar-refractivity contribution in [3.63, 3.8) is 0 Å². The molecule has 4 nitrogen and oxygen atoms in total. The number of aromatic nitrogens is 2. The van der Waals surface area contributed by atoms with Gasteiger partial charge in [0, 0.05) is 24.6 Å². The van der Waals surface area contributed by atoms with Gasteiger partial charge in [-0.05, 0) is 43.5 Å². The minimum absolute atomic E-state index is 0.344. The summed E-state index contributed by atoms with van der Waals surface area (Å²) in [6.07, 6.45) is 0. The third-order valence-corrected chi connectivity index (χ3v) is 5.39. The summed E-state index contributed by atoms with van der Waals surface area (Å²) in [6, 6.07) is 0.344. The van der Waals surface area contributed by atoms with Gasteiger partial charge < -0.3 is 5.32 Å². The number of anilines is 1. The third-order valence-electron chi connectivity index (χ3n) is 3.07. The normalized spacial score (nSPS) is 21.0. The van der Waals surface area contributed by atoms with Crippen LogP contribution in [0.25, 0.3) is 0 Å². The van der Waals surface area contributed by atoms with E-state index in [0.29, 0.717) is 6.04 Å². The molecule has 2 heterocycles. The smallest absolute Gasteiger partial charge is 0.149 e. The number of hydrogen-bond donors (Lipinski definition) is 1. The summed E-state index contributed by atoms with van der Waals surface area (Å²) < 4.78 is 1.13. The Morgan fingerprint density at radius 3 is 2.94 bits per heavy atom. The summed E-state index contributed by atoms with van der Waals surface area (Å²) >= 11 is 4.30. The van der Waals surface area contributed by atoms with Gasteiger partial charge in [0.15, 0.2) is 0 Å². The SMILES string of the molecule is CCNc1nc(C2CSCCN2C)nc(C)c1I. The van der Waals surface area contributed by atoms with E-state index >= 15 is 0 Å². The highest BCUT2D eigenvalue weighted by Crippen LogP contribution is 2.28. The van der Waals surface area contributed by atoms with E-state index in [1.165, 1.54) is 5.75 Å². The van der Waals surface area contributed by atoms with E-state index in [9.17, 15) is 0 Å². The van der Waals surface area contributed by atoms with Crippen LogP contribution in [-0.4, -0.2) is 46.5 Å². The minimum Gasteiger partial charge on any atom is -0.369 e. The Balaban J connectivity index is 2.32. The molecule has 1 aliphatic heterocycles. The average molecular weight is 378 g/mol. The predicted octanol–water partition coefficient (Wildman–Crippen LogP) is 2.54. The molecule has 1 N–H and O–H groups in total. The molecule has 1 aromatic rings. The van der Waals surface area contributed by atoms with Crippen molar-refractivity contribution >= 4 is 40.2 Å². The molecule has 0 radical (unpaired) electrons. The fraction of sp³-hybridized carbons (Fsp3) is 0.667. The molecular weight excluding hydrogens is 359 g/mol. The zero-order valence-corrected chi connectivity index (χ0v) is 14.0. The Morgan fingerprint density at radius 1 is 1.50 bits per heavy atom. The Morgan fingerprint density at radius 2 is 2.28 bits per heavy atom. The van der Waals surface area contributed by atoms with E-state index in [4.69, 9.17) is 4.98 Å². The third kappa shape index (κ3) is 3.08. The van der Waals surface area contributed by atoms with Gasteiger partial charge in [-0.2, -0.15) is 11.8 Å². The van der Waals surface area contributed by atoms with Gasteiger partial charge in [0.2, 0.25) is 0 Å². The molecule has 100 valence electrons. The highest BCUT2D eigenvalue weighted by molar-refractivity contribution is 14.1. The Kier molecular flexibility index (Phi) is 5.08. The van der Waals surface area contributed by atoms with E-state index in [1.54, 1.807) is 0 Å². The highest BCUT2D eigenvalue weighted by atomic mass is 127. The number of aryl methyl sites for hydroxylation is 1. The van der Waals surface area contributed by atoms with Crippen molar-refractivity contribution in [3.05, 3.63) is 15.1 Å². The maximum Gasteiger partial charge on any atom is 0.149 e. The van der Waals surface area contributed by atoms with Crippen LogP contribution in [0.5, 0.6) is 0 Å². The molecule has 1 aliphatic rings. The first-order valence-electron chi connectivity index (χ1n) is 6.19. The molecule has 0 saturated carbocycles. The van der Waals surface area contributed by atoms with Gasteiger partial charge in [0.05, 0.1) is 15.3 Å². The van der Waals surface area contributed by atoms with E-state index in [-0.39, 0.29) is 0 Å². The summed E-state index contributed by atoms with van der Waals surface area (Å²) in [5, 5.41) is 3.33. The van der Waals surface area contributed by atoms with Crippen molar-refractivity contribution in [2.24, 2.45) is 0 Å². The zero-order chi connectivity index (χ0) is 13.1. The van der Waals surface area contributed by atoms with E-state index in [2.05, 4.69) is 58.7 Å². The lowest BCUT2D eigenvalue weighted by molar-refractivity contribution is 0.264. The largest absolute Gasteiger partial charge is 0.369 e. The van der Waals surface area contributed by atoms with Gasteiger partial charge in [0.25, 0.3) is 0 Å². The van der Waals surface area contributed by atoms with Gasteiger partial charge in [-0.1, -0.05) is 0 Å². The van der Waals surface area contributed by atoms with Gasteiger partial charge >= 0.3 is 0 Å². The van der Waals surface area contributed by atoms with Gasteiger partial charge in [0.1, 0.15) is 11.6 Å². The minimum atomic E-state index is 0.344. The molecule has 0 amide bonds.